The molecule has 0 aliphatic heterocycles. The fraction of sp³-hybridized carbons (Fsp3) is 0.267. The first-order chi connectivity index (χ1) is 20.5. The second-order valence-corrected chi connectivity index (χ2v) is 9.82. The highest BCUT2D eigenvalue weighted by Crippen LogP contribution is 2.19. The van der Waals surface area contributed by atoms with Crippen LogP contribution in [0.5, 0.6) is 11.5 Å². The SMILES string of the molecule is CC(C)CC(NC(=O)OCc1ccccc1)C(=O)NC(Cc1ccc(OC(=O)Oc2ccc([N+](=O)[O-])cc2)cc1)C(=O)[O-]. The number of nitrogens with one attached hydrogen (secondary N) is 2. The molecule has 13 heteroatoms. The number of nitrogens with zero attached hydrogens (tertiary/aromatic N) is 1. The van der Waals surface area contributed by atoms with Crippen LogP contribution in [0.2, 0.25) is 0 Å². The number of nitro groups is 1. The minimum Gasteiger partial charge on any atom is -0.548 e. The van der Waals surface area contributed by atoms with Crippen molar-refractivity contribution in [3.05, 3.63) is 100 Å². The summed E-state index contributed by atoms with van der Waals surface area (Å²) < 4.78 is 15.3. The molecule has 0 aliphatic carbocycles. The Morgan fingerprint density at radius 2 is 1.37 bits per heavy atom. The van der Waals surface area contributed by atoms with Gasteiger partial charge in [0, 0.05) is 12.1 Å². The molecule has 2 N–H and O–H groups in total. The summed E-state index contributed by atoms with van der Waals surface area (Å²) in [4.78, 5) is 59.4. The molecule has 0 heterocycles. The number of carbonyl (C=O) groups is 4. The summed E-state index contributed by atoms with van der Waals surface area (Å²) in [7, 11) is 0. The van der Waals surface area contributed by atoms with E-state index in [0.29, 0.717) is 5.56 Å². The van der Waals surface area contributed by atoms with Crippen molar-refractivity contribution < 1.29 is 43.4 Å². The maximum absolute atomic E-state index is 13.0. The number of amides is 2. The Morgan fingerprint density at radius 1 is 0.791 bits per heavy atom. The van der Waals surface area contributed by atoms with Gasteiger partial charge in [-0.15, -0.1) is 0 Å². The van der Waals surface area contributed by atoms with Crippen molar-refractivity contribution in [2.75, 3.05) is 0 Å². The van der Waals surface area contributed by atoms with Gasteiger partial charge < -0.3 is 34.7 Å². The molecule has 226 valence electrons. The fourth-order valence-electron chi connectivity index (χ4n) is 3.85. The molecule has 3 rings (SSSR count). The summed E-state index contributed by atoms with van der Waals surface area (Å²) in [5, 5.41) is 27.5. The molecule has 2 amide bonds. The number of nitro benzene ring substituents is 1. The van der Waals surface area contributed by atoms with Crippen LogP contribution in [0.15, 0.2) is 78.9 Å². The van der Waals surface area contributed by atoms with Gasteiger partial charge in [0.2, 0.25) is 5.91 Å². The van der Waals surface area contributed by atoms with E-state index >= 15 is 0 Å². The van der Waals surface area contributed by atoms with Gasteiger partial charge in [-0.2, -0.15) is 0 Å². The first kappa shape index (κ1) is 32.1. The highest BCUT2D eigenvalue weighted by Gasteiger charge is 2.25. The van der Waals surface area contributed by atoms with Crippen molar-refractivity contribution in [3.8, 4) is 11.5 Å². The van der Waals surface area contributed by atoms with Crippen molar-refractivity contribution >= 4 is 29.8 Å². The molecule has 2 unspecified atom stereocenters. The molecule has 2 atom stereocenters. The molecular weight excluding hydrogens is 562 g/mol. The predicted octanol–water partition coefficient (Wildman–Crippen LogP) is 3.29. The molecule has 0 aliphatic rings. The zero-order chi connectivity index (χ0) is 31.4. The fourth-order valence-corrected chi connectivity index (χ4v) is 3.85. The summed E-state index contributed by atoms with van der Waals surface area (Å²) in [5.41, 5.74) is 1.06. The molecular formula is C30H30N3O10-. The van der Waals surface area contributed by atoms with Gasteiger partial charge in [0.1, 0.15) is 24.1 Å². The van der Waals surface area contributed by atoms with Gasteiger partial charge in [-0.1, -0.05) is 56.3 Å². The van der Waals surface area contributed by atoms with Crippen LogP contribution in [-0.4, -0.2) is 41.1 Å². The minimum absolute atomic E-state index is 0.00115. The number of rotatable bonds is 13. The number of alkyl carbamates (subject to hydrolysis) is 1. The number of carboxylic acids is 1. The van der Waals surface area contributed by atoms with Gasteiger partial charge in [-0.05, 0) is 54.2 Å². The van der Waals surface area contributed by atoms with E-state index < -0.39 is 41.1 Å². The molecule has 13 nitrogen and oxygen atoms in total. The van der Waals surface area contributed by atoms with Gasteiger partial charge in [0.25, 0.3) is 5.69 Å². The summed E-state index contributed by atoms with van der Waals surface area (Å²) >= 11 is 0. The molecule has 0 spiro atoms. The lowest BCUT2D eigenvalue weighted by atomic mass is 10.0. The van der Waals surface area contributed by atoms with Crippen LogP contribution >= 0.6 is 0 Å². The van der Waals surface area contributed by atoms with Gasteiger partial charge in [0.15, 0.2) is 0 Å². The van der Waals surface area contributed by atoms with Gasteiger partial charge in [-0.3, -0.25) is 14.9 Å². The van der Waals surface area contributed by atoms with Crippen LogP contribution in [0.3, 0.4) is 0 Å². The lowest BCUT2D eigenvalue weighted by molar-refractivity contribution is -0.384. The van der Waals surface area contributed by atoms with Crippen molar-refractivity contribution in [2.24, 2.45) is 5.92 Å². The van der Waals surface area contributed by atoms with E-state index in [4.69, 9.17) is 14.2 Å². The Hall–Kier alpha value is -5.46. The van der Waals surface area contributed by atoms with Crippen molar-refractivity contribution in [1.82, 2.24) is 10.6 Å². The van der Waals surface area contributed by atoms with E-state index in [1.54, 1.807) is 24.3 Å². The highest BCUT2D eigenvalue weighted by atomic mass is 16.7. The minimum atomic E-state index is -1.53. The number of hydrogen-bond donors (Lipinski definition) is 2. The van der Waals surface area contributed by atoms with Crippen LogP contribution in [0.4, 0.5) is 15.3 Å². The Bertz CT molecular complexity index is 1410. The van der Waals surface area contributed by atoms with Crippen molar-refractivity contribution in [1.29, 1.82) is 0 Å². The second-order valence-electron chi connectivity index (χ2n) is 9.82. The third-order valence-electron chi connectivity index (χ3n) is 5.94. The first-order valence-corrected chi connectivity index (χ1v) is 13.2. The average molecular weight is 593 g/mol. The Balaban J connectivity index is 1.55. The molecule has 0 fully saturated rings. The zero-order valence-electron chi connectivity index (χ0n) is 23.4. The molecule has 0 aromatic heterocycles. The third-order valence-corrected chi connectivity index (χ3v) is 5.94. The zero-order valence-corrected chi connectivity index (χ0v) is 23.4. The third kappa shape index (κ3) is 10.8. The normalized spacial score (nSPS) is 12.0. The Kier molecular flexibility index (Phi) is 11.6. The van der Waals surface area contributed by atoms with E-state index in [2.05, 4.69) is 10.6 Å². The summed E-state index contributed by atoms with van der Waals surface area (Å²) in [6.07, 6.45) is -1.84. The van der Waals surface area contributed by atoms with E-state index in [9.17, 15) is 34.4 Å². The van der Waals surface area contributed by atoms with Crippen LogP contribution in [0.1, 0.15) is 31.4 Å². The maximum Gasteiger partial charge on any atom is 0.519 e. The standard InChI is InChI=1S/C30H31N3O10/c1-19(2)16-25(32-29(37)41-18-21-6-4-3-5-7-21)27(34)31-26(28(35)36)17-20-8-12-23(13-9-20)42-30(38)43-24-14-10-22(11-15-24)33(39)40/h3-15,19,25-26H,16-18H2,1-2H3,(H,31,34)(H,32,37)(H,35,36)/p-1. The van der Waals surface area contributed by atoms with E-state index in [-0.39, 0.29) is 42.6 Å². The molecule has 43 heavy (non-hydrogen) atoms. The van der Waals surface area contributed by atoms with Crippen LogP contribution in [-0.2, 0) is 27.4 Å². The van der Waals surface area contributed by atoms with E-state index in [1.807, 2.05) is 19.9 Å². The number of non-ortho nitro benzene ring substituents is 1. The van der Waals surface area contributed by atoms with Crippen molar-refractivity contribution in [2.45, 2.75) is 45.4 Å². The number of benzene rings is 3. The van der Waals surface area contributed by atoms with E-state index in [0.717, 1.165) is 5.56 Å². The van der Waals surface area contributed by atoms with Gasteiger partial charge >= 0.3 is 12.2 Å². The largest absolute Gasteiger partial charge is 0.548 e. The van der Waals surface area contributed by atoms with Crippen LogP contribution in [0, 0.1) is 16.0 Å². The summed E-state index contributed by atoms with van der Waals surface area (Å²) in [5.74, 6) is -2.13. The molecule has 0 bridgehead atoms. The Labute approximate surface area is 246 Å². The summed E-state index contributed by atoms with van der Waals surface area (Å²) in [6, 6.07) is 17.1. The lowest BCUT2D eigenvalue weighted by Crippen LogP contribution is -2.55. The first-order valence-electron chi connectivity index (χ1n) is 13.2. The van der Waals surface area contributed by atoms with Gasteiger partial charge in [-0.25, -0.2) is 9.59 Å². The number of hydrogen-bond acceptors (Lipinski definition) is 10. The number of ether oxygens (including phenoxy) is 3. The highest BCUT2D eigenvalue weighted by molar-refractivity contribution is 5.89. The number of aliphatic carboxylic acids is 1. The van der Waals surface area contributed by atoms with E-state index in [1.165, 1.54) is 48.5 Å². The predicted molar refractivity (Wildman–Crippen MR) is 150 cm³/mol. The molecule has 3 aromatic rings. The van der Waals surface area contributed by atoms with Crippen LogP contribution in [0.25, 0.3) is 0 Å². The average Bonchev–Trinajstić information content (AvgIpc) is 2.96. The monoisotopic (exact) mass is 592 g/mol. The number of carboxylic acid groups (broad SMARTS) is 1. The smallest absolute Gasteiger partial charge is 0.519 e. The van der Waals surface area contributed by atoms with Crippen molar-refractivity contribution in [3.63, 3.8) is 0 Å². The summed E-state index contributed by atoms with van der Waals surface area (Å²) in [6.45, 7) is 3.69. The molecule has 0 saturated carbocycles. The quantitative estimate of drug-likeness (QED) is 0.129. The molecule has 0 radical (unpaired) electrons. The topological polar surface area (TPSA) is 186 Å². The maximum atomic E-state index is 13.0. The second kappa shape index (κ2) is 15.5. The molecule has 3 aromatic carbocycles. The molecule has 0 saturated heterocycles. The van der Waals surface area contributed by atoms with Crippen LogP contribution < -0.4 is 25.2 Å². The Morgan fingerprint density at radius 3 is 1.91 bits per heavy atom. The number of carbonyl (C=O) groups excluding carboxylic acids is 4. The van der Waals surface area contributed by atoms with Gasteiger partial charge in [0.05, 0.1) is 16.9 Å². The lowest BCUT2D eigenvalue weighted by Gasteiger charge is -2.25.